The Bertz CT molecular complexity index is 2960. The largest absolute Gasteiger partial charge is 0.472 e. The molecular weight excluding hydrogens is 977 g/mol. The van der Waals surface area contributed by atoms with Crippen LogP contribution in [-0.2, 0) is 46.0 Å². The van der Waals surface area contributed by atoms with Gasteiger partial charge in [-0.2, -0.15) is 0 Å². The standard InChI is InChI=1S/C31H41N16O18P3/c32-23-14-26(39-4-36-23)45(7-42-14)29-20(51)17(48)12(62-29)2-59-67(55,56)65-22-19(50)13(63-31(22)47-9-44-16-25(34)38-6-41-28(16)47)3-60-68(57,58)64-21-18(49)11(1-35-10-66(52,53)54)61-30(21)46-8-43-15-24(33)37-5-40-27(15)46/h4-9,11-13,17-22,29-31,35,48-51H,1-3,10H2,(H,55,56)(H,57,58)(H2,32,36,39)(H2,33,37,40)(H2,34,38,41)(H2,52,53,54)/t11-,12-,13-,17-,18-,19-,20-,21-,22-,29-,30-,31-/m1/s1. The van der Waals surface area contributed by atoms with Gasteiger partial charge in [-0.25, -0.2) is 54.0 Å². The number of nitrogens with two attached hydrogens (primary N) is 3. The smallest absolute Gasteiger partial charge is 0.387 e. The van der Waals surface area contributed by atoms with Crippen LogP contribution in [0.1, 0.15) is 18.7 Å². The summed E-state index contributed by atoms with van der Waals surface area (Å²) in [4.78, 5) is 77.0. The van der Waals surface area contributed by atoms with Crippen molar-refractivity contribution in [1.82, 2.24) is 63.9 Å². The van der Waals surface area contributed by atoms with Gasteiger partial charge in [-0.05, 0) is 0 Å². The molecular formula is C31H41N16O18P3. The second kappa shape index (κ2) is 18.4. The van der Waals surface area contributed by atoms with Gasteiger partial charge in [-0.3, -0.25) is 36.4 Å². The number of rotatable bonds is 17. The monoisotopic (exact) mass is 1020 g/mol. The zero-order chi connectivity index (χ0) is 48.4. The zero-order valence-corrected chi connectivity index (χ0v) is 37.0. The molecule has 0 aliphatic carbocycles. The average molecular weight is 1020 g/mol. The van der Waals surface area contributed by atoms with E-state index in [4.69, 9.17) is 49.5 Å². The molecule has 6 aromatic rings. The number of hydrogen-bond donors (Lipinski definition) is 12. The number of phosphoric ester groups is 2. The molecule has 0 bridgehead atoms. The molecule has 368 valence electrons. The molecule has 3 saturated heterocycles. The summed E-state index contributed by atoms with van der Waals surface area (Å²) in [6, 6.07) is 0. The first-order chi connectivity index (χ1) is 32.2. The van der Waals surface area contributed by atoms with Crippen LogP contribution in [-0.4, -0.2) is 180 Å². The van der Waals surface area contributed by atoms with Crippen molar-refractivity contribution in [3.05, 3.63) is 38.0 Å². The number of imidazole rings is 3. The van der Waals surface area contributed by atoms with E-state index < -0.39 is 123 Å². The molecule has 0 aromatic carbocycles. The van der Waals surface area contributed by atoms with Gasteiger partial charge in [0.15, 0.2) is 53.1 Å². The fraction of sp³-hybridized carbons (Fsp3) is 0.516. The van der Waals surface area contributed by atoms with Gasteiger partial charge in [0.25, 0.3) is 0 Å². The van der Waals surface area contributed by atoms with E-state index in [-0.39, 0.29) is 50.9 Å². The van der Waals surface area contributed by atoms with E-state index in [0.29, 0.717) is 0 Å². The van der Waals surface area contributed by atoms with E-state index in [1.165, 1.54) is 21.8 Å². The molecule has 2 unspecified atom stereocenters. The minimum atomic E-state index is -5.38. The van der Waals surface area contributed by atoms with Crippen molar-refractivity contribution in [2.75, 3.05) is 43.2 Å². The van der Waals surface area contributed by atoms with E-state index in [1.54, 1.807) is 0 Å². The highest BCUT2D eigenvalue weighted by atomic mass is 31.2. The first-order valence-corrected chi connectivity index (χ1v) is 24.5. The second-order valence-electron chi connectivity index (χ2n) is 15.4. The summed E-state index contributed by atoms with van der Waals surface area (Å²) in [7, 11) is -15.3. The lowest BCUT2D eigenvalue weighted by Crippen LogP contribution is -2.39. The molecule has 0 radical (unpaired) electrons. The average Bonchev–Trinajstić information content (AvgIpc) is 4.14. The molecule has 9 rings (SSSR count). The van der Waals surface area contributed by atoms with Gasteiger partial charge in [0.05, 0.1) is 38.5 Å². The van der Waals surface area contributed by atoms with E-state index in [0.717, 1.165) is 29.9 Å². The molecule has 0 saturated carbocycles. The van der Waals surface area contributed by atoms with E-state index in [1.807, 2.05) is 0 Å². The van der Waals surface area contributed by atoms with Gasteiger partial charge in [-0.15, -0.1) is 0 Å². The van der Waals surface area contributed by atoms with Crippen molar-refractivity contribution in [3.8, 4) is 0 Å². The van der Waals surface area contributed by atoms with Crippen LogP contribution in [0.3, 0.4) is 0 Å². The third-order valence-corrected chi connectivity index (χ3v) is 13.5. The lowest BCUT2D eigenvalue weighted by atomic mass is 10.1. The summed E-state index contributed by atoms with van der Waals surface area (Å²) < 4.78 is 81.5. The maximum atomic E-state index is 13.7. The number of nitrogens with zero attached hydrogens (tertiary/aromatic N) is 12. The first-order valence-electron chi connectivity index (χ1n) is 19.7. The van der Waals surface area contributed by atoms with Crippen molar-refractivity contribution in [2.24, 2.45) is 0 Å². The quantitative estimate of drug-likeness (QED) is 0.0389. The maximum absolute atomic E-state index is 13.7. The van der Waals surface area contributed by atoms with Gasteiger partial charge in [0.2, 0.25) is 0 Å². The highest BCUT2D eigenvalue weighted by molar-refractivity contribution is 7.51. The Morgan fingerprint density at radius 1 is 0.544 bits per heavy atom. The summed E-state index contributed by atoms with van der Waals surface area (Å²) in [5.41, 5.74) is 18.2. The molecule has 15 N–H and O–H groups in total. The summed E-state index contributed by atoms with van der Waals surface area (Å²) in [5, 5.41) is 47.1. The third-order valence-electron chi connectivity index (χ3n) is 10.9. The first kappa shape index (κ1) is 48.1. The number of nitrogen functional groups attached to an aromatic ring is 3. The van der Waals surface area contributed by atoms with E-state index in [9.17, 15) is 53.7 Å². The Labute approximate surface area is 378 Å². The molecule has 9 heterocycles. The number of anilines is 3. The van der Waals surface area contributed by atoms with Gasteiger partial charge in [0, 0.05) is 6.54 Å². The van der Waals surface area contributed by atoms with Gasteiger partial charge in [0.1, 0.15) is 90.5 Å². The van der Waals surface area contributed by atoms with Gasteiger partial charge >= 0.3 is 23.2 Å². The Kier molecular flexibility index (Phi) is 13.1. The Hall–Kier alpha value is -4.90. The fourth-order valence-electron chi connectivity index (χ4n) is 7.74. The summed E-state index contributed by atoms with van der Waals surface area (Å²) >= 11 is 0. The molecule has 6 aromatic heterocycles. The Morgan fingerprint density at radius 2 is 0.926 bits per heavy atom. The lowest BCUT2D eigenvalue weighted by Gasteiger charge is -2.25. The number of fused-ring (bicyclic) bond motifs is 3. The number of aliphatic hydroxyl groups excluding tert-OH is 4. The Morgan fingerprint density at radius 3 is 1.37 bits per heavy atom. The molecule has 3 aliphatic heterocycles. The molecule has 0 amide bonds. The molecule has 3 aliphatic rings. The van der Waals surface area contributed by atoms with Crippen molar-refractivity contribution in [1.29, 1.82) is 0 Å². The predicted molar refractivity (Wildman–Crippen MR) is 221 cm³/mol. The molecule has 3 fully saturated rings. The lowest BCUT2D eigenvalue weighted by molar-refractivity contribution is -0.0638. The molecule has 68 heavy (non-hydrogen) atoms. The van der Waals surface area contributed by atoms with Crippen LogP contribution < -0.4 is 22.5 Å². The summed E-state index contributed by atoms with van der Waals surface area (Å²) in [6.07, 6.45) is -13.7. The van der Waals surface area contributed by atoms with Crippen LogP contribution in [0.2, 0.25) is 0 Å². The number of aliphatic hydroxyl groups is 4. The van der Waals surface area contributed by atoms with Crippen LogP contribution in [0.25, 0.3) is 33.5 Å². The number of phosphoric acid groups is 2. The van der Waals surface area contributed by atoms with Crippen molar-refractivity contribution in [3.63, 3.8) is 0 Å². The van der Waals surface area contributed by atoms with Crippen molar-refractivity contribution >= 4 is 74.2 Å². The SMILES string of the molecule is Nc1ncnc2c1ncn2[C@@H]1O[C@H](COP(=O)(O)O[C@@H]2[C@H](O)[C@@H](COP(=O)(O)O[C@@H]3[C@H](O)[C@@H](CNCP(=O)(O)O)O[C@H]3n3cnc4c(N)ncnc43)O[C@H]2n2cnc3c(N)ncnc32)[C@@H](O)[C@H]1O. The fourth-order valence-corrected chi connectivity index (χ4v) is 10.0. The number of nitrogens with one attached hydrogen (secondary N) is 1. The van der Waals surface area contributed by atoms with Crippen LogP contribution in [0.5, 0.6) is 0 Å². The topological polar surface area (TPSA) is 499 Å². The van der Waals surface area contributed by atoms with Crippen LogP contribution >= 0.6 is 23.2 Å². The molecule has 0 spiro atoms. The third kappa shape index (κ3) is 9.42. The minimum absolute atomic E-state index is 0.0126. The Balaban J connectivity index is 0.914. The van der Waals surface area contributed by atoms with E-state index >= 15 is 0 Å². The summed E-state index contributed by atoms with van der Waals surface area (Å²) in [5.74, 6) is -0.0917. The van der Waals surface area contributed by atoms with Crippen LogP contribution in [0.15, 0.2) is 38.0 Å². The van der Waals surface area contributed by atoms with Crippen LogP contribution in [0, 0.1) is 0 Å². The normalized spacial score (nSPS) is 30.7. The minimum Gasteiger partial charge on any atom is -0.387 e. The van der Waals surface area contributed by atoms with Gasteiger partial charge < -0.3 is 76.7 Å². The maximum Gasteiger partial charge on any atom is 0.472 e. The number of hydrogen-bond acceptors (Lipinski definition) is 27. The molecule has 37 heteroatoms. The van der Waals surface area contributed by atoms with Crippen molar-refractivity contribution < 1.29 is 86.0 Å². The number of aromatic nitrogens is 12. The molecule has 34 nitrogen and oxygen atoms in total. The zero-order valence-electron chi connectivity index (χ0n) is 34.3. The van der Waals surface area contributed by atoms with E-state index in [2.05, 4.69) is 50.2 Å². The second-order valence-corrected chi connectivity index (χ2v) is 19.8. The number of ether oxygens (including phenoxy) is 3. The van der Waals surface area contributed by atoms with Crippen molar-refractivity contribution in [2.45, 2.75) is 73.6 Å². The molecule has 14 atom stereocenters. The van der Waals surface area contributed by atoms with Gasteiger partial charge in [-0.1, -0.05) is 0 Å². The van der Waals surface area contributed by atoms with Crippen LogP contribution in [0.4, 0.5) is 17.5 Å². The highest BCUT2D eigenvalue weighted by Crippen LogP contribution is 2.53. The predicted octanol–water partition coefficient (Wildman–Crippen LogP) is -3.88. The summed E-state index contributed by atoms with van der Waals surface area (Å²) in [6.45, 7) is -2.27. The highest BCUT2D eigenvalue weighted by Gasteiger charge is 2.53.